The molecule has 5 heteroatoms. The SMILES string of the molecule is CCCCCNC(=O)CCNc1cc(C)on1. The van der Waals surface area contributed by atoms with Crippen molar-refractivity contribution < 1.29 is 9.32 Å². The van der Waals surface area contributed by atoms with Crippen LogP contribution in [0, 0.1) is 6.92 Å². The van der Waals surface area contributed by atoms with Crippen molar-refractivity contribution in [2.75, 3.05) is 18.4 Å². The number of aryl methyl sites for hydroxylation is 1. The molecule has 96 valence electrons. The molecule has 0 unspecified atom stereocenters. The molecule has 0 saturated heterocycles. The maximum atomic E-state index is 11.4. The Bertz CT molecular complexity index is 336. The minimum Gasteiger partial charge on any atom is -0.367 e. The standard InChI is InChI=1S/C12H21N3O2/c1-3-4-5-7-14-12(16)6-8-13-11-9-10(2)17-15-11/h9H,3-8H2,1-2H3,(H,13,15)(H,14,16). The summed E-state index contributed by atoms with van der Waals surface area (Å²) in [5, 5.41) is 9.70. The topological polar surface area (TPSA) is 67.2 Å². The summed E-state index contributed by atoms with van der Waals surface area (Å²) in [5.41, 5.74) is 0. The molecule has 1 heterocycles. The second kappa shape index (κ2) is 7.70. The van der Waals surface area contributed by atoms with Crippen LogP contribution in [-0.2, 0) is 4.79 Å². The molecule has 1 rings (SSSR count). The van der Waals surface area contributed by atoms with Crippen LogP contribution in [0.15, 0.2) is 10.6 Å². The van der Waals surface area contributed by atoms with Crippen molar-refractivity contribution >= 4 is 11.7 Å². The van der Waals surface area contributed by atoms with Crippen LogP contribution in [-0.4, -0.2) is 24.2 Å². The molecular formula is C12H21N3O2. The molecule has 17 heavy (non-hydrogen) atoms. The number of nitrogens with one attached hydrogen (secondary N) is 2. The van der Waals surface area contributed by atoms with E-state index in [9.17, 15) is 4.79 Å². The van der Waals surface area contributed by atoms with Gasteiger partial charge in [-0.2, -0.15) is 0 Å². The van der Waals surface area contributed by atoms with Crippen LogP contribution in [0.4, 0.5) is 5.82 Å². The van der Waals surface area contributed by atoms with Gasteiger partial charge in [0.05, 0.1) is 0 Å². The zero-order chi connectivity index (χ0) is 12.5. The van der Waals surface area contributed by atoms with Gasteiger partial charge in [0.2, 0.25) is 5.91 Å². The number of anilines is 1. The lowest BCUT2D eigenvalue weighted by molar-refractivity contribution is -0.120. The number of carbonyl (C=O) groups excluding carboxylic acids is 1. The Labute approximate surface area is 102 Å². The van der Waals surface area contributed by atoms with Crippen LogP contribution in [0.5, 0.6) is 0 Å². The normalized spacial score (nSPS) is 10.2. The third-order valence-corrected chi connectivity index (χ3v) is 2.39. The van der Waals surface area contributed by atoms with Crippen LogP contribution >= 0.6 is 0 Å². The average Bonchev–Trinajstić information content (AvgIpc) is 2.71. The van der Waals surface area contributed by atoms with Crippen LogP contribution < -0.4 is 10.6 Å². The Morgan fingerprint density at radius 1 is 1.41 bits per heavy atom. The largest absolute Gasteiger partial charge is 0.367 e. The molecule has 0 saturated carbocycles. The number of amides is 1. The molecule has 0 aliphatic rings. The number of hydrogen-bond donors (Lipinski definition) is 2. The van der Waals surface area contributed by atoms with Crippen molar-refractivity contribution in [3.63, 3.8) is 0 Å². The van der Waals surface area contributed by atoms with E-state index in [2.05, 4.69) is 22.7 Å². The van der Waals surface area contributed by atoms with E-state index < -0.39 is 0 Å². The number of carbonyl (C=O) groups is 1. The van der Waals surface area contributed by atoms with Gasteiger partial charge in [0.15, 0.2) is 5.82 Å². The van der Waals surface area contributed by atoms with Crippen LogP contribution in [0.3, 0.4) is 0 Å². The lowest BCUT2D eigenvalue weighted by atomic mass is 10.2. The molecule has 1 amide bonds. The highest BCUT2D eigenvalue weighted by Crippen LogP contribution is 2.06. The highest BCUT2D eigenvalue weighted by atomic mass is 16.5. The zero-order valence-corrected chi connectivity index (χ0v) is 10.6. The minimum absolute atomic E-state index is 0.0776. The van der Waals surface area contributed by atoms with Gasteiger partial charge in [0, 0.05) is 25.6 Å². The molecule has 2 N–H and O–H groups in total. The summed E-state index contributed by atoms with van der Waals surface area (Å²) >= 11 is 0. The van der Waals surface area contributed by atoms with E-state index >= 15 is 0 Å². The molecule has 0 bridgehead atoms. The van der Waals surface area contributed by atoms with E-state index in [1.165, 1.54) is 6.42 Å². The van der Waals surface area contributed by atoms with Crippen molar-refractivity contribution in [1.29, 1.82) is 0 Å². The highest BCUT2D eigenvalue weighted by Gasteiger charge is 2.02. The molecule has 0 aromatic carbocycles. The van der Waals surface area contributed by atoms with Gasteiger partial charge in [0.1, 0.15) is 5.76 Å². The number of nitrogens with zero attached hydrogens (tertiary/aromatic N) is 1. The Morgan fingerprint density at radius 2 is 2.24 bits per heavy atom. The number of unbranched alkanes of at least 4 members (excludes halogenated alkanes) is 2. The number of aromatic nitrogens is 1. The van der Waals surface area contributed by atoms with Gasteiger partial charge in [-0.3, -0.25) is 4.79 Å². The number of hydrogen-bond acceptors (Lipinski definition) is 4. The van der Waals surface area contributed by atoms with Gasteiger partial charge in [-0.05, 0) is 13.3 Å². The third-order valence-electron chi connectivity index (χ3n) is 2.39. The summed E-state index contributed by atoms with van der Waals surface area (Å²) in [5.74, 6) is 1.52. The summed E-state index contributed by atoms with van der Waals surface area (Å²) in [6.07, 6.45) is 3.84. The molecule has 0 fully saturated rings. The van der Waals surface area contributed by atoms with Gasteiger partial charge in [-0.15, -0.1) is 0 Å². The fraction of sp³-hybridized carbons (Fsp3) is 0.667. The minimum atomic E-state index is 0.0776. The molecule has 1 aromatic heterocycles. The maximum Gasteiger partial charge on any atom is 0.221 e. The summed E-state index contributed by atoms with van der Waals surface area (Å²) < 4.78 is 4.90. The predicted molar refractivity (Wildman–Crippen MR) is 66.9 cm³/mol. The Hall–Kier alpha value is -1.52. The van der Waals surface area contributed by atoms with Crippen molar-refractivity contribution in [1.82, 2.24) is 10.5 Å². The van der Waals surface area contributed by atoms with Gasteiger partial charge >= 0.3 is 0 Å². The fourth-order valence-electron chi connectivity index (χ4n) is 1.45. The lowest BCUT2D eigenvalue weighted by Gasteiger charge is -2.04. The van der Waals surface area contributed by atoms with Crippen LogP contribution in [0.1, 0.15) is 38.4 Å². The van der Waals surface area contributed by atoms with Gasteiger partial charge in [-0.25, -0.2) is 0 Å². The van der Waals surface area contributed by atoms with E-state index in [4.69, 9.17) is 4.52 Å². The van der Waals surface area contributed by atoms with Crippen LogP contribution in [0.25, 0.3) is 0 Å². The summed E-state index contributed by atoms with van der Waals surface area (Å²) in [6, 6.07) is 1.80. The molecule has 0 aliphatic carbocycles. The van der Waals surface area contributed by atoms with E-state index in [0.717, 1.165) is 25.1 Å². The summed E-state index contributed by atoms with van der Waals surface area (Å²) in [6.45, 7) is 5.32. The second-order valence-electron chi connectivity index (χ2n) is 4.06. The molecule has 1 aromatic rings. The van der Waals surface area contributed by atoms with Crippen molar-refractivity contribution in [3.8, 4) is 0 Å². The second-order valence-corrected chi connectivity index (χ2v) is 4.06. The average molecular weight is 239 g/mol. The van der Waals surface area contributed by atoms with Crippen molar-refractivity contribution in [3.05, 3.63) is 11.8 Å². The van der Waals surface area contributed by atoms with Gasteiger partial charge in [-0.1, -0.05) is 24.9 Å². The quantitative estimate of drug-likeness (QED) is 0.682. The molecule has 0 spiro atoms. The molecule has 5 nitrogen and oxygen atoms in total. The third kappa shape index (κ3) is 5.94. The Kier molecular flexibility index (Phi) is 6.14. The Morgan fingerprint density at radius 3 is 2.88 bits per heavy atom. The predicted octanol–water partition coefficient (Wildman–Crippen LogP) is 2.09. The summed E-state index contributed by atoms with van der Waals surface area (Å²) in [7, 11) is 0. The van der Waals surface area contributed by atoms with Crippen LogP contribution in [0.2, 0.25) is 0 Å². The first kappa shape index (κ1) is 13.5. The zero-order valence-electron chi connectivity index (χ0n) is 10.6. The first-order valence-electron chi connectivity index (χ1n) is 6.16. The molecular weight excluding hydrogens is 218 g/mol. The monoisotopic (exact) mass is 239 g/mol. The summed E-state index contributed by atoms with van der Waals surface area (Å²) in [4.78, 5) is 11.4. The Balaban J connectivity index is 2.04. The molecule has 0 radical (unpaired) electrons. The van der Waals surface area contributed by atoms with Gasteiger partial charge < -0.3 is 15.2 Å². The van der Waals surface area contributed by atoms with Crippen molar-refractivity contribution in [2.24, 2.45) is 0 Å². The number of rotatable bonds is 8. The fourth-order valence-corrected chi connectivity index (χ4v) is 1.45. The van der Waals surface area contributed by atoms with Gasteiger partial charge in [0.25, 0.3) is 0 Å². The van der Waals surface area contributed by atoms with E-state index in [1.807, 2.05) is 6.92 Å². The first-order valence-corrected chi connectivity index (χ1v) is 6.16. The highest BCUT2D eigenvalue weighted by molar-refractivity contribution is 5.76. The molecule has 0 atom stereocenters. The van der Waals surface area contributed by atoms with E-state index in [1.54, 1.807) is 6.07 Å². The van der Waals surface area contributed by atoms with E-state index in [0.29, 0.717) is 18.8 Å². The molecule has 0 aliphatic heterocycles. The van der Waals surface area contributed by atoms with E-state index in [-0.39, 0.29) is 5.91 Å². The van der Waals surface area contributed by atoms with Crippen molar-refractivity contribution in [2.45, 2.75) is 39.5 Å². The first-order chi connectivity index (χ1) is 8.22. The maximum absolute atomic E-state index is 11.4. The lowest BCUT2D eigenvalue weighted by Crippen LogP contribution is -2.26. The smallest absolute Gasteiger partial charge is 0.221 e.